The first-order chi connectivity index (χ1) is 14.0. The van der Waals surface area contributed by atoms with Gasteiger partial charge in [-0.15, -0.1) is 0 Å². The molecular formula is C22H38N4O4. The van der Waals surface area contributed by atoms with Gasteiger partial charge in [-0.25, -0.2) is 4.79 Å². The van der Waals surface area contributed by atoms with Gasteiger partial charge in [-0.3, -0.25) is 4.99 Å². The minimum absolute atomic E-state index is 0.0252. The maximum absolute atomic E-state index is 12.1. The Bertz CT molecular complexity index is 714. The number of ether oxygens (including phenoxy) is 2. The first-order valence-electron chi connectivity index (χ1n) is 10.2. The molecule has 0 bridgehead atoms. The standard InChI is InChI=1S/C22H38N4O4/c1-15(2)18(25-21(28)30-22(3,4)5)11-12-26(7)20(23-6)24-14-16-13-17(29-8)9-10-19(16)27/h9-10,13,15,18,27H,11-12,14H2,1-8H3,(H,23,24)(H,25,28). The molecule has 170 valence electrons. The number of benzene rings is 1. The number of carbonyl (C=O) groups is 1. The number of guanidine groups is 1. The van der Waals surface area contributed by atoms with Gasteiger partial charge in [0, 0.05) is 38.8 Å². The SMILES string of the molecule is CN=C(NCc1cc(OC)ccc1O)N(C)CCC(NC(=O)OC(C)(C)C)C(C)C. The Balaban J connectivity index is 2.65. The molecule has 1 aromatic rings. The van der Waals surface area contributed by atoms with Crippen LogP contribution < -0.4 is 15.4 Å². The smallest absolute Gasteiger partial charge is 0.407 e. The number of hydrogen-bond acceptors (Lipinski definition) is 5. The summed E-state index contributed by atoms with van der Waals surface area (Å²) in [6, 6.07) is 5.08. The van der Waals surface area contributed by atoms with Crippen molar-refractivity contribution >= 4 is 12.1 Å². The van der Waals surface area contributed by atoms with Crippen LogP contribution in [0.2, 0.25) is 0 Å². The van der Waals surface area contributed by atoms with Crippen LogP contribution in [-0.4, -0.2) is 61.5 Å². The summed E-state index contributed by atoms with van der Waals surface area (Å²) in [5, 5.41) is 16.3. The summed E-state index contributed by atoms with van der Waals surface area (Å²) in [6.45, 7) is 10.8. The first kappa shape index (κ1) is 25.4. The lowest BCUT2D eigenvalue weighted by Gasteiger charge is -2.28. The summed E-state index contributed by atoms with van der Waals surface area (Å²) >= 11 is 0. The fourth-order valence-corrected chi connectivity index (χ4v) is 2.86. The maximum atomic E-state index is 12.1. The molecule has 0 aromatic heterocycles. The minimum atomic E-state index is -0.528. The average molecular weight is 423 g/mol. The fourth-order valence-electron chi connectivity index (χ4n) is 2.86. The zero-order chi connectivity index (χ0) is 22.9. The van der Waals surface area contributed by atoms with Crippen LogP contribution >= 0.6 is 0 Å². The van der Waals surface area contributed by atoms with E-state index in [0.29, 0.717) is 24.8 Å². The first-order valence-corrected chi connectivity index (χ1v) is 10.2. The van der Waals surface area contributed by atoms with Gasteiger partial charge in [-0.2, -0.15) is 0 Å². The van der Waals surface area contributed by atoms with E-state index >= 15 is 0 Å². The molecular weight excluding hydrogens is 384 g/mol. The third-order valence-corrected chi connectivity index (χ3v) is 4.58. The number of methoxy groups -OCH3 is 1. The Kier molecular flexibility index (Phi) is 9.75. The van der Waals surface area contributed by atoms with Crippen molar-refractivity contribution in [3.8, 4) is 11.5 Å². The van der Waals surface area contributed by atoms with Gasteiger partial charge >= 0.3 is 6.09 Å². The number of rotatable bonds is 8. The van der Waals surface area contributed by atoms with Gasteiger partial charge < -0.3 is 30.1 Å². The number of carbonyl (C=O) groups excluding carboxylic acids is 1. The lowest BCUT2D eigenvalue weighted by atomic mass is 10.0. The summed E-state index contributed by atoms with van der Waals surface area (Å²) in [5.41, 5.74) is 0.190. The van der Waals surface area contributed by atoms with Crippen LogP contribution in [0.25, 0.3) is 0 Å². The Morgan fingerprint density at radius 1 is 1.30 bits per heavy atom. The molecule has 8 heteroatoms. The lowest BCUT2D eigenvalue weighted by Crippen LogP contribution is -2.45. The van der Waals surface area contributed by atoms with Crippen LogP contribution in [0, 0.1) is 5.92 Å². The molecule has 3 N–H and O–H groups in total. The molecule has 0 heterocycles. The fraction of sp³-hybridized carbons (Fsp3) is 0.636. The van der Waals surface area contributed by atoms with E-state index in [1.54, 1.807) is 32.4 Å². The lowest BCUT2D eigenvalue weighted by molar-refractivity contribution is 0.0486. The van der Waals surface area contributed by atoms with Gasteiger partial charge in [-0.05, 0) is 51.3 Å². The second-order valence-corrected chi connectivity index (χ2v) is 8.60. The van der Waals surface area contributed by atoms with E-state index in [1.807, 2.05) is 32.7 Å². The number of phenolic OH excluding ortho intramolecular Hbond substituents is 1. The van der Waals surface area contributed by atoms with E-state index in [4.69, 9.17) is 9.47 Å². The molecule has 0 saturated carbocycles. The summed E-state index contributed by atoms with van der Waals surface area (Å²) < 4.78 is 10.6. The molecule has 1 atom stereocenters. The number of amides is 1. The van der Waals surface area contributed by atoms with Crippen LogP contribution in [0.4, 0.5) is 4.79 Å². The number of nitrogens with one attached hydrogen (secondary N) is 2. The third-order valence-electron chi connectivity index (χ3n) is 4.58. The van der Waals surface area contributed by atoms with Crippen LogP contribution in [-0.2, 0) is 11.3 Å². The van der Waals surface area contributed by atoms with Crippen LogP contribution in [0.15, 0.2) is 23.2 Å². The molecule has 0 spiro atoms. The Hall–Kier alpha value is -2.64. The number of aliphatic imine (C=N–C) groups is 1. The van der Waals surface area contributed by atoms with Crippen LogP contribution in [0.5, 0.6) is 11.5 Å². The van der Waals surface area contributed by atoms with Crippen molar-refractivity contribution in [3.63, 3.8) is 0 Å². The molecule has 0 aliphatic heterocycles. The molecule has 0 radical (unpaired) electrons. The molecule has 8 nitrogen and oxygen atoms in total. The van der Waals surface area contributed by atoms with Gasteiger partial charge in [0.2, 0.25) is 0 Å². The van der Waals surface area contributed by atoms with E-state index < -0.39 is 11.7 Å². The Morgan fingerprint density at radius 2 is 1.97 bits per heavy atom. The van der Waals surface area contributed by atoms with Crippen molar-refractivity contribution in [1.82, 2.24) is 15.5 Å². The van der Waals surface area contributed by atoms with E-state index in [2.05, 4.69) is 29.5 Å². The summed E-state index contributed by atoms with van der Waals surface area (Å²) in [5.74, 6) is 1.83. The predicted molar refractivity (Wildman–Crippen MR) is 120 cm³/mol. The van der Waals surface area contributed by atoms with Crippen molar-refractivity contribution in [3.05, 3.63) is 23.8 Å². The van der Waals surface area contributed by atoms with Crippen LogP contribution in [0.1, 0.15) is 46.6 Å². The molecule has 1 unspecified atom stereocenters. The van der Waals surface area contributed by atoms with Crippen molar-refractivity contribution < 1.29 is 19.4 Å². The highest BCUT2D eigenvalue weighted by Gasteiger charge is 2.22. The molecule has 1 amide bonds. The largest absolute Gasteiger partial charge is 0.508 e. The van der Waals surface area contributed by atoms with E-state index in [-0.39, 0.29) is 17.7 Å². The Morgan fingerprint density at radius 3 is 2.50 bits per heavy atom. The molecule has 0 aliphatic carbocycles. The van der Waals surface area contributed by atoms with Gasteiger partial charge in [0.25, 0.3) is 0 Å². The number of alkyl carbamates (subject to hydrolysis) is 1. The highest BCUT2D eigenvalue weighted by molar-refractivity contribution is 5.79. The third kappa shape index (κ3) is 8.80. The molecule has 0 fully saturated rings. The second-order valence-electron chi connectivity index (χ2n) is 8.60. The quantitative estimate of drug-likeness (QED) is 0.439. The highest BCUT2D eigenvalue weighted by atomic mass is 16.6. The van der Waals surface area contributed by atoms with Crippen molar-refractivity contribution in [2.45, 2.75) is 59.2 Å². The van der Waals surface area contributed by atoms with E-state index in [0.717, 1.165) is 12.0 Å². The topological polar surface area (TPSA) is 95.4 Å². The van der Waals surface area contributed by atoms with Crippen molar-refractivity contribution in [2.75, 3.05) is 27.7 Å². The van der Waals surface area contributed by atoms with Gasteiger partial charge in [0.05, 0.1) is 7.11 Å². The predicted octanol–water partition coefficient (Wildman–Crippen LogP) is 3.35. The van der Waals surface area contributed by atoms with E-state index in [9.17, 15) is 9.90 Å². The summed E-state index contributed by atoms with van der Waals surface area (Å²) in [6.07, 6.45) is 0.332. The minimum Gasteiger partial charge on any atom is -0.508 e. The molecule has 1 rings (SSSR count). The van der Waals surface area contributed by atoms with E-state index in [1.165, 1.54) is 0 Å². The summed E-state index contributed by atoms with van der Waals surface area (Å²) in [4.78, 5) is 18.4. The monoisotopic (exact) mass is 422 g/mol. The maximum Gasteiger partial charge on any atom is 0.407 e. The van der Waals surface area contributed by atoms with Crippen molar-refractivity contribution in [2.24, 2.45) is 10.9 Å². The number of aromatic hydroxyl groups is 1. The average Bonchev–Trinajstić information content (AvgIpc) is 2.65. The molecule has 1 aromatic carbocycles. The zero-order valence-electron chi connectivity index (χ0n) is 19.6. The van der Waals surface area contributed by atoms with Gasteiger partial charge in [0.1, 0.15) is 17.1 Å². The van der Waals surface area contributed by atoms with Crippen LogP contribution in [0.3, 0.4) is 0 Å². The zero-order valence-corrected chi connectivity index (χ0v) is 19.6. The number of nitrogens with zero attached hydrogens (tertiary/aromatic N) is 2. The number of hydrogen-bond donors (Lipinski definition) is 3. The van der Waals surface area contributed by atoms with Gasteiger partial charge in [-0.1, -0.05) is 13.8 Å². The van der Waals surface area contributed by atoms with Crippen molar-refractivity contribution in [1.29, 1.82) is 0 Å². The molecule has 0 saturated heterocycles. The Labute approximate surface area is 180 Å². The summed E-state index contributed by atoms with van der Waals surface area (Å²) in [7, 11) is 5.24. The highest BCUT2D eigenvalue weighted by Crippen LogP contribution is 2.22. The normalized spacial score (nSPS) is 13.0. The molecule has 0 aliphatic rings. The van der Waals surface area contributed by atoms with Gasteiger partial charge in [0.15, 0.2) is 5.96 Å². The molecule has 30 heavy (non-hydrogen) atoms. The second kappa shape index (κ2) is 11.5. The number of phenols is 1.